The van der Waals surface area contributed by atoms with Crippen LogP contribution in [0.3, 0.4) is 0 Å². The first-order valence-corrected chi connectivity index (χ1v) is 6.86. The summed E-state index contributed by atoms with van der Waals surface area (Å²) < 4.78 is 0. The molecule has 0 aromatic heterocycles. The zero-order chi connectivity index (χ0) is 14.3. The van der Waals surface area contributed by atoms with Gasteiger partial charge in [0.25, 0.3) is 11.7 Å². The molecule has 0 unspecified atom stereocenters. The minimum Gasteiger partial charge on any atom is -0.354 e. The van der Waals surface area contributed by atoms with Crippen molar-refractivity contribution in [2.75, 3.05) is 18.0 Å². The minimum atomic E-state index is -0.677. The summed E-state index contributed by atoms with van der Waals surface area (Å²) in [4.78, 5) is 36.8. The summed E-state index contributed by atoms with van der Waals surface area (Å²) in [6.45, 7) is 0.508. The van der Waals surface area contributed by atoms with Gasteiger partial charge in [0.15, 0.2) is 0 Å². The molecule has 5 nitrogen and oxygen atoms in total. The van der Waals surface area contributed by atoms with Crippen molar-refractivity contribution < 1.29 is 14.4 Å². The van der Waals surface area contributed by atoms with Gasteiger partial charge < -0.3 is 5.32 Å². The highest BCUT2D eigenvalue weighted by Crippen LogP contribution is 2.31. The van der Waals surface area contributed by atoms with Crippen LogP contribution in [0.4, 0.5) is 5.69 Å². The summed E-state index contributed by atoms with van der Waals surface area (Å²) in [6, 6.07) is 4.65. The zero-order valence-electron chi connectivity index (χ0n) is 10.7. The topological polar surface area (TPSA) is 66.5 Å². The Bertz CT molecular complexity index is 610. The Morgan fingerprint density at radius 2 is 2.10 bits per heavy atom. The number of nitrogens with one attached hydrogen (secondary N) is 1. The number of ketones is 1. The van der Waals surface area contributed by atoms with Crippen molar-refractivity contribution in [2.45, 2.75) is 12.8 Å². The van der Waals surface area contributed by atoms with E-state index in [-0.39, 0.29) is 18.0 Å². The maximum Gasteiger partial charge on any atom is 0.299 e. The lowest BCUT2D eigenvalue weighted by atomic mass is 10.1. The van der Waals surface area contributed by atoms with Gasteiger partial charge in [-0.2, -0.15) is 0 Å². The monoisotopic (exact) mass is 292 g/mol. The highest BCUT2D eigenvalue weighted by atomic mass is 35.5. The van der Waals surface area contributed by atoms with Gasteiger partial charge in [0.05, 0.1) is 11.3 Å². The van der Waals surface area contributed by atoms with Gasteiger partial charge in [-0.05, 0) is 37.0 Å². The number of carbonyl (C=O) groups excluding carboxylic acids is 3. The molecule has 1 N–H and O–H groups in total. The number of fused-ring (bicyclic) bond motifs is 1. The summed E-state index contributed by atoms with van der Waals surface area (Å²) in [7, 11) is 0. The van der Waals surface area contributed by atoms with Crippen molar-refractivity contribution in [1.82, 2.24) is 5.32 Å². The molecule has 1 aromatic rings. The molecule has 1 heterocycles. The first-order valence-electron chi connectivity index (χ1n) is 6.48. The number of amides is 2. The molecule has 20 heavy (non-hydrogen) atoms. The van der Waals surface area contributed by atoms with Gasteiger partial charge in [-0.1, -0.05) is 11.6 Å². The second kappa shape index (κ2) is 4.90. The molecule has 0 radical (unpaired) electrons. The van der Waals surface area contributed by atoms with Crippen LogP contribution in [0, 0.1) is 5.92 Å². The van der Waals surface area contributed by atoms with Crippen molar-refractivity contribution in [3.05, 3.63) is 28.8 Å². The summed E-state index contributed by atoms with van der Waals surface area (Å²) in [6.07, 6.45) is 2.28. The Hall–Kier alpha value is -1.88. The lowest BCUT2D eigenvalue weighted by Gasteiger charge is -2.16. The van der Waals surface area contributed by atoms with E-state index in [4.69, 9.17) is 11.6 Å². The predicted octanol–water partition coefficient (Wildman–Crippen LogP) is 1.40. The van der Waals surface area contributed by atoms with E-state index in [0.29, 0.717) is 23.2 Å². The van der Waals surface area contributed by atoms with Crippen LogP contribution >= 0.6 is 11.6 Å². The quantitative estimate of drug-likeness (QED) is 0.853. The number of Topliss-reactive ketones (excluding diaryl/α,β-unsaturated/α-hetero) is 1. The third-order valence-electron chi connectivity index (χ3n) is 3.52. The molecule has 0 spiro atoms. The molecule has 3 rings (SSSR count). The molecule has 0 atom stereocenters. The van der Waals surface area contributed by atoms with Crippen molar-refractivity contribution in [1.29, 1.82) is 0 Å². The Morgan fingerprint density at radius 3 is 2.80 bits per heavy atom. The van der Waals surface area contributed by atoms with E-state index in [2.05, 4.69) is 5.32 Å². The number of anilines is 1. The molecule has 1 saturated carbocycles. The number of carbonyl (C=O) groups is 3. The summed E-state index contributed by atoms with van der Waals surface area (Å²) >= 11 is 5.82. The minimum absolute atomic E-state index is 0.133. The third kappa shape index (κ3) is 2.41. The van der Waals surface area contributed by atoms with Gasteiger partial charge in [0.1, 0.15) is 6.54 Å². The van der Waals surface area contributed by atoms with Crippen LogP contribution < -0.4 is 10.2 Å². The van der Waals surface area contributed by atoms with Crippen LogP contribution in [-0.2, 0) is 9.59 Å². The lowest BCUT2D eigenvalue weighted by molar-refractivity contribution is -0.122. The number of hydrogen-bond acceptors (Lipinski definition) is 3. The molecular weight excluding hydrogens is 280 g/mol. The van der Waals surface area contributed by atoms with E-state index >= 15 is 0 Å². The fraction of sp³-hybridized carbons (Fsp3) is 0.357. The van der Waals surface area contributed by atoms with E-state index in [1.807, 2.05) is 0 Å². The van der Waals surface area contributed by atoms with Gasteiger partial charge in [-0.15, -0.1) is 0 Å². The summed E-state index contributed by atoms with van der Waals surface area (Å²) in [5.41, 5.74) is 0.712. The SMILES string of the molecule is O=C(CN1C(=O)C(=O)c2cc(Cl)ccc21)NCC1CC1. The number of rotatable bonds is 4. The second-order valence-corrected chi connectivity index (χ2v) is 5.57. The first kappa shape index (κ1) is 13.1. The average Bonchev–Trinajstić information content (AvgIpc) is 3.22. The molecule has 104 valence electrons. The van der Waals surface area contributed by atoms with Crippen LogP contribution in [0.25, 0.3) is 0 Å². The van der Waals surface area contributed by atoms with E-state index in [9.17, 15) is 14.4 Å². The molecular formula is C14H13ClN2O3. The highest BCUT2D eigenvalue weighted by Gasteiger charge is 2.37. The molecule has 0 bridgehead atoms. The molecule has 2 aliphatic rings. The van der Waals surface area contributed by atoms with Crippen LogP contribution in [0.5, 0.6) is 0 Å². The van der Waals surface area contributed by atoms with Crippen LogP contribution in [0.15, 0.2) is 18.2 Å². The molecule has 2 amide bonds. The van der Waals surface area contributed by atoms with Gasteiger partial charge in [0.2, 0.25) is 5.91 Å². The molecule has 6 heteroatoms. The van der Waals surface area contributed by atoms with Crippen molar-refractivity contribution >= 4 is 34.9 Å². The Balaban J connectivity index is 1.74. The predicted molar refractivity (Wildman–Crippen MR) is 73.9 cm³/mol. The smallest absolute Gasteiger partial charge is 0.299 e. The fourth-order valence-electron chi connectivity index (χ4n) is 2.21. The number of nitrogens with zero attached hydrogens (tertiary/aromatic N) is 1. The largest absolute Gasteiger partial charge is 0.354 e. The average molecular weight is 293 g/mol. The van der Waals surface area contributed by atoms with E-state index < -0.39 is 11.7 Å². The van der Waals surface area contributed by atoms with Crippen LogP contribution in [-0.4, -0.2) is 30.7 Å². The third-order valence-corrected chi connectivity index (χ3v) is 3.76. The van der Waals surface area contributed by atoms with Gasteiger partial charge >= 0.3 is 0 Å². The molecule has 0 saturated heterocycles. The van der Waals surface area contributed by atoms with E-state index in [1.165, 1.54) is 11.0 Å². The van der Waals surface area contributed by atoms with E-state index in [1.54, 1.807) is 12.1 Å². The van der Waals surface area contributed by atoms with Crippen LogP contribution in [0.2, 0.25) is 5.02 Å². The summed E-state index contributed by atoms with van der Waals surface area (Å²) in [5.74, 6) is -0.969. The molecule has 1 aliphatic heterocycles. The number of benzene rings is 1. The van der Waals surface area contributed by atoms with Crippen molar-refractivity contribution in [3.63, 3.8) is 0 Å². The van der Waals surface area contributed by atoms with Crippen LogP contribution in [0.1, 0.15) is 23.2 Å². The van der Waals surface area contributed by atoms with Gasteiger partial charge in [-0.3, -0.25) is 19.3 Å². The maximum atomic E-state index is 11.9. The Morgan fingerprint density at radius 1 is 1.35 bits per heavy atom. The van der Waals surface area contributed by atoms with E-state index in [0.717, 1.165) is 12.8 Å². The van der Waals surface area contributed by atoms with Gasteiger partial charge in [-0.25, -0.2) is 0 Å². The normalized spacial score (nSPS) is 17.4. The van der Waals surface area contributed by atoms with Crippen molar-refractivity contribution in [3.8, 4) is 0 Å². The van der Waals surface area contributed by atoms with Crippen molar-refractivity contribution in [2.24, 2.45) is 5.92 Å². The summed E-state index contributed by atoms with van der Waals surface area (Å²) in [5, 5.41) is 3.17. The fourth-order valence-corrected chi connectivity index (χ4v) is 2.38. The van der Waals surface area contributed by atoms with Gasteiger partial charge in [0, 0.05) is 11.6 Å². The number of hydrogen-bond donors (Lipinski definition) is 1. The molecule has 1 aliphatic carbocycles. The first-order chi connectivity index (χ1) is 9.56. The zero-order valence-corrected chi connectivity index (χ0v) is 11.4. The highest BCUT2D eigenvalue weighted by molar-refractivity contribution is 6.53. The Kier molecular flexibility index (Phi) is 3.22. The molecule has 1 aromatic carbocycles. The lowest BCUT2D eigenvalue weighted by Crippen LogP contribution is -2.40. The number of halogens is 1. The standard InChI is InChI=1S/C14H13ClN2O3/c15-9-3-4-11-10(5-9)13(19)14(20)17(11)7-12(18)16-6-8-1-2-8/h3-5,8H,1-2,6-7H2,(H,16,18). The maximum absolute atomic E-state index is 11.9. The Labute approximate surface area is 120 Å². The second-order valence-electron chi connectivity index (χ2n) is 5.13. The molecule has 1 fully saturated rings.